The molecule has 1 aromatic carbocycles. The van der Waals surface area contributed by atoms with E-state index in [4.69, 9.17) is 4.74 Å². The summed E-state index contributed by atoms with van der Waals surface area (Å²) in [5.74, 6) is 1.44. The number of nitrogens with zero attached hydrogens (tertiary/aromatic N) is 3. The molecule has 2 heterocycles. The van der Waals surface area contributed by atoms with Crippen molar-refractivity contribution in [3.63, 3.8) is 0 Å². The van der Waals surface area contributed by atoms with Crippen LogP contribution < -0.4 is 10.1 Å². The van der Waals surface area contributed by atoms with Gasteiger partial charge in [0, 0.05) is 30.8 Å². The number of amides is 1. The highest BCUT2D eigenvalue weighted by Gasteiger charge is 2.05. The first kappa shape index (κ1) is 16.7. The standard InChI is InChI=1S/C19H20N4O2/c1-2-25-16-8-4-3-7-15(16)10-11-19(24)20-13-12-18-22-21-17-9-5-6-14-23(17)18/h3-11,14H,2,12-13H2,1H3,(H,20,24)/b11-10+. The number of carbonyl (C=O) groups excluding carboxylic acids is 1. The van der Waals surface area contributed by atoms with Crippen molar-refractivity contribution in [2.75, 3.05) is 13.2 Å². The van der Waals surface area contributed by atoms with E-state index in [0.717, 1.165) is 22.8 Å². The van der Waals surface area contributed by atoms with E-state index < -0.39 is 0 Å². The molecule has 0 spiro atoms. The Labute approximate surface area is 146 Å². The minimum Gasteiger partial charge on any atom is -0.493 e. The fraction of sp³-hybridized carbons (Fsp3) is 0.211. The van der Waals surface area contributed by atoms with Gasteiger partial charge >= 0.3 is 0 Å². The van der Waals surface area contributed by atoms with Crippen LogP contribution in [0.1, 0.15) is 18.3 Å². The molecule has 0 radical (unpaired) electrons. The maximum atomic E-state index is 12.0. The number of hydrogen-bond acceptors (Lipinski definition) is 4. The molecule has 1 N–H and O–H groups in total. The summed E-state index contributed by atoms with van der Waals surface area (Å²) in [7, 11) is 0. The summed E-state index contributed by atoms with van der Waals surface area (Å²) in [5.41, 5.74) is 1.68. The molecule has 3 rings (SSSR count). The fourth-order valence-corrected chi connectivity index (χ4v) is 2.49. The Balaban J connectivity index is 1.55. The molecule has 0 aliphatic rings. The molecular formula is C19H20N4O2. The van der Waals surface area contributed by atoms with E-state index in [9.17, 15) is 4.79 Å². The molecule has 0 fully saturated rings. The van der Waals surface area contributed by atoms with Gasteiger partial charge in [-0.3, -0.25) is 9.20 Å². The number of benzene rings is 1. The lowest BCUT2D eigenvalue weighted by molar-refractivity contribution is -0.116. The highest BCUT2D eigenvalue weighted by Crippen LogP contribution is 2.19. The molecule has 128 valence electrons. The van der Waals surface area contributed by atoms with Crippen LogP contribution in [0, 0.1) is 0 Å². The van der Waals surface area contributed by atoms with Crippen LogP contribution in [0.3, 0.4) is 0 Å². The largest absolute Gasteiger partial charge is 0.493 e. The van der Waals surface area contributed by atoms with Gasteiger partial charge in [-0.2, -0.15) is 0 Å². The van der Waals surface area contributed by atoms with Gasteiger partial charge in [0.15, 0.2) is 5.65 Å². The minimum atomic E-state index is -0.153. The molecule has 3 aromatic rings. The zero-order chi connectivity index (χ0) is 17.5. The van der Waals surface area contributed by atoms with Gasteiger partial charge in [0.2, 0.25) is 5.91 Å². The molecule has 0 aliphatic carbocycles. The maximum absolute atomic E-state index is 12.0. The molecule has 6 nitrogen and oxygen atoms in total. The molecule has 0 atom stereocenters. The smallest absolute Gasteiger partial charge is 0.244 e. The SMILES string of the molecule is CCOc1ccccc1/C=C/C(=O)NCCc1nnc2ccccn12. The Kier molecular flexibility index (Phi) is 5.41. The number of nitrogens with one attached hydrogen (secondary N) is 1. The number of pyridine rings is 1. The van der Waals surface area contributed by atoms with Gasteiger partial charge in [-0.25, -0.2) is 0 Å². The number of carbonyl (C=O) groups is 1. The van der Waals surface area contributed by atoms with Crippen LogP contribution in [0.25, 0.3) is 11.7 Å². The molecule has 6 heteroatoms. The summed E-state index contributed by atoms with van der Waals surface area (Å²) in [6, 6.07) is 13.4. The summed E-state index contributed by atoms with van der Waals surface area (Å²) in [4.78, 5) is 12.0. The van der Waals surface area contributed by atoms with Crippen molar-refractivity contribution in [1.82, 2.24) is 19.9 Å². The average Bonchev–Trinajstić information content (AvgIpc) is 3.05. The highest BCUT2D eigenvalue weighted by atomic mass is 16.5. The van der Waals surface area contributed by atoms with Crippen molar-refractivity contribution in [1.29, 1.82) is 0 Å². The van der Waals surface area contributed by atoms with Crippen LogP contribution in [-0.2, 0) is 11.2 Å². The van der Waals surface area contributed by atoms with Crippen LogP contribution in [0.4, 0.5) is 0 Å². The number of rotatable bonds is 7. The van der Waals surface area contributed by atoms with Crippen molar-refractivity contribution in [2.24, 2.45) is 0 Å². The molecule has 0 saturated carbocycles. The summed E-state index contributed by atoms with van der Waals surface area (Å²) < 4.78 is 7.46. The molecular weight excluding hydrogens is 316 g/mol. The third-order valence-electron chi connectivity index (χ3n) is 3.67. The van der Waals surface area contributed by atoms with Crippen molar-refractivity contribution in [2.45, 2.75) is 13.3 Å². The Morgan fingerprint density at radius 1 is 1.20 bits per heavy atom. The zero-order valence-electron chi connectivity index (χ0n) is 14.1. The van der Waals surface area contributed by atoms with E-state index in [1.165, 1.54) is 6.08 Å². The molecule has 25 heavy (non-hydrogen) atoms. The lowest BCUT2D eigenvalue weighted by atomic mass is 10.2. The van der Waals surface area contributed by atoms with Crippen LogP contribution >= 0.6 is 0 Å². The highest BCUT2D eigenvalue weighted by molar-refractivity contribution is 5.92. The second-order valence-corrected chi connectivity index (χ2v) is 5.39. The Bertz CT molecular complexity index is 886. The second-order valence-electron chi connectivity index (χ2n) is 5.39. The molecule has 2 aromatic heterocycles. The van der Waals surface area contributed by atoms with E-state index >= 15 is 0 Å². The van der Waals surface area contributed by atoms with Gasteiger partial charge in [0.25, 0.3) is 0 Å². The number of hydrogen-bond donors (Lipinski definition) is 1. The van der Waals surface area contributed by atoms with Crippen molar-refractivity contribution < 1.29 is 9.53 Å². The maximum Gasteiger partial charge on any atom is 0.244 e. The third-order valence-corrected chi connectivity index (χ3v) is 3.67. The van der Waals surface area contributed by atoms with E-state index in [1.807, 2.05) is 60.0 Å². The molecule has 0 saturated heterocycles. The fourth-order valence-electron chi connectivity index (χ4n) is 2.49. The van der Waals surface area contributed by atoms with Gasteiger partial charge < -0.3 is 10.1 Å². The van der Waals surface area contributed by atoms with Gasteiger partial charge in [-0.1, -0.05) is 24.3 Å². The lowest BCUT2D eigenvalue weighted by Crippen LogP contribution is -2.24. The van der Waals surface area contributed by atoms with Crippen LogP contribution in [0.15, 0.2) is 54.7 Å². The van der Waals surface area contributed by atoms with Crippen LogP contribution in [0.2, 0.25) is 0 Å². The van der Waals surface area contributed by atoms with Crippen molar-refractivity contribution in [3.05, 3.63) is 66.1 Å². The topological polar surface area (TPSA) is 68.5 Å². The Morgan fingerprint density at radius 3 is 2.92 bits per heavy atom. The summed E-state index contributed by atoms with van der Waals surface area (Å²) in [5, 5.41) is 11.1. The average molecular weight is 336 g/mol. The molecule has 0 bridgehead atoms. The normalized spacial score (nSPS) is 11.1. The van der Waals surface area contributed by atoms with E-state index in [2.05, 4.69) is 15.5 Å². The molecule has 0 unspecified atom stereocenters. The Hall–Kier alpha value is -3.15. The molecule has 1 amide bonds. The summed E-state index contributed by atoms with van der Waals surface area (Å²) in [6.45, 7) is 3.01. The number of para-hydroxylation sites is 1. The quantitative estimate of drug-likeness (QED) is 0.673. The van der Waals surface area contributed by atoms with E-state index in [-0.39, 0.29) is 5.91 Å². The summed E-state index contributed by atoms with van der Waals surface area (Å²) >= 11 is 0. The Morgan fingerprint density at radius 2 is 2.04 bits per heavy atom. The van der Waals surface area contributed by atoms with Crippen molar-refractivity contribution in [3.8, 4) is 5.75 Å². The lowest BCUT2D eigenvalue weighted by Gasteiger charge is -2.06. The number of ether oxygens (including phenoxy) is 1. The van der Waals surface area contributed by atoms with Crippen LogP contribution in [-0.4, -0.2) is 33.7 Å². The van der Waals surface area contributed by atoms with Gasteiger partial charge in [-0.15, -0.1) is 10.2 Å². The first-order valence-electron chi connectivity index (χ1n) is 8.24. The molecule has 0 aliphatic heterocycles. The second kappa shape index (κ2) is 8.10. The number of aromatic nitrogens is 3. The minimum absolute atomic E-state index is 0.153. The predicted octanol–water partition coefficient (Wildman–Crippen LogP) is 2.50. The van der Waals surface area contributed by atoms with Crippen molar-refractivity contribution >= 4 is 17.6 Å². The first-order chi connectivity index (χ1) is 12.3. The zero-order valence-corrected chi connectivity index (χ0v) is 14.1. The monoisotopic (exact) mass is 336 g/mol. The van der Waals surface area contributed by atoms with E-state index in [0.29, 0.717) is 19.6 Å². The third kappa shape index (κ3) is 4.23. The van der Waals surface area contributed by atoms with Gasteiger partial charge in [0.05, 0.1) is 6.61 Å². The summed E-state index contributed by atoms with van der Waals surface area (Å²) in [6.07, 6.45) is 5.80. The van der Waals surface area contributed by atoms with Gasteiger partial charge in [0.1, 0.15) is 11.6 Å². The van der Waals surface area contributed by atoms with Gasteiger partial charge in [-0.05, 0) is 31.2 Å². The van der Waals surface area contributed by atoms with E-state index in [1.54, 1.807) is 6.08 Å². The number of fused-ring (bicyclic) bond motifs is 1. The first-order valence-corrected chi connectivity index (χ1v) is 8.24. The van der Waals surface area contributed by atoms with Crippen LogP contribution in [0.5, 0.6) is 5.75 Å². The predicted molar refractivity (Wildman–Crippen MR) is 96.3 cm³/mol.